The molecule has 2 aromatic rings. The fourth-order valence-corrected chi connectivity index (χ4v) is 1.44. The summed E-state index contributed by atoms with van der Waals surface area (Å²) in [4.78, 5) is 25.0. The summed E-state index contributed by atoms with van der Waals surface area (Å²) in [6.07, 6.45) is 5.67. The highest BCUT2D eigenvalue weighted by Gasteiger charge is 2.27. The quantitative estimate of drug-likeness (QED) is 0.687. The molecule has 0 radical (unpaired) electrons. The first-order valence-corrected chi connectivity index (χ1v) is 7.13. The zero-order valence-electron chi connectivity index (χ0n) is 11.0. The summed E-state index contributed by atoms with van der Waals surface area (Å²) in [6, 6.07) is 0. The van der Waals surface area contributed by atoms with Gasteiger partial charge in [-0.2, -0.15) is 8.78 Å². The smallest absolute Gasteiger partial charge is 0.291 e. The molecule has 9 heteroatoms. The number of Topliss-reactive ketones (excluding diaryl/α,β-unsaturated/α-hetero) is 1. The summed E-state index contributed by atoms with van der Waals surface area (Å²) in [7, 11) is 0. The molecular weight excluding hydrogens is 414 g/mol. The van der Waals surface area contributed by atoms with Crippen LogP contribution in [0.1, 0.15) is 30.3 Å². The number of alkyl halides is 2. The Morgan fingerprint density at radius 2 is 1.38 bits per heavy atom. The third kappa shape index (κ3) is 6.30. The second kappa shape index (κ2) is 7.60. The van der Waals surface area contributed by atoms with E-state index in [0.29, 0.717) is 4.47 Å². The first-order chi connectivity index (χ1) is 9.70. The minimum absolute atomic E-state index is 0.118. The zero-order valence-corrected chi connectivity index (χ0v) is 14.2. The first kappa shape index (κ1) is 17.7. The average Bonchev–Trinajstić information content (AvgIpc) is 2.39. The van der Waals surface area contributed by atoms with Gasteiger partial charge in [-0.05, 0) is 31.9 Å². The van der Waals surface area contributed by atoms with Crippen molar-refractivity contribution in [1.82, 2.24) is 19.9 Å². The lowest BCUT2D eigenvalue weighted by atomic mass is 10.3. The van der Waals surface area contributed by atoms with Crippen molar-refractivity contribution < 1.29 is 13.6 Å². The third-order valence-electron chi connectivity index (χ3n) is 1.95. The highest BCUT2D eigenvalue weighted by Crippen LogP contribution is 2.23. The van der Waals surface area contributed by atoms with Gasteiger partial charge in [0, 0.05) is 38.6 Å². The molecule has 21 heavy (non-hydrogen) atoms. The summed E-state index contributed by atoms with van der Waals surface area (Å²) in [5.74, 6) is -3.28. The molecule has 0 amide bonds. The molecule has 0 N–H and O–H groups in total. The predicted molar refractivity (Wildman–Crippen MR) is 79.0 cm³/mol. The van der Waals surface area contributed by atoms with Gasteiger partial charge in [-0.15, -0.1) is 0 Å². The van der Waals surface area contributed by atoms with E-state index in [9.17, 15) is 13.6 Å². The molecule has 2 aromatic heterocycles. The molecule has 0 atom stereocenters. The molecule has 2 heterocycles. The summed E-state index contributed by atoms with van der Waals surface area (Å²) in [6.45, 7) is 2.19. The van der Waals surface area contributed by atoms with Crippen molar-refractivity contribution in [1.29, 1.82) is 0 Å². The Morgan fingerprint density at radius 3 is 1.71 bits per heavy atom. The van der Waals surface area contributed by atoms with Crippen LogP contribution in [0.5, 0.6) is 0 Å². The van der Waals surface area contributed by atoms with Crippen molar-refractivity contribution >= 4 is 37.6 Å². The van der Waals surface area contributed by atoms with Gasteiger partial charge in [0.05, 0.1) is 8.95 Å². The van der Waals surface area contributed by atoms with E-state index < -0.39 is 11.7 Å². The average molecular weight is 424 g/mol. The number of ketones is 1. The summed E-state index contributed by atoms with van der Waals surface area (Å²) >= 11 is 6.20. The number of halogens is 4. The van der Waals surface area contributed by atoms with Crippen LogP contribution >= 0.6 is 31.9 Å². The minimum atomic E-state index is -2.96. The monoisotopic (exact) mass is 422 g/mol. The summed E-state index contributed by atoms with van der Waals surface area (Å²) in [5.41, 5.74) is 0. The number of aromatic nitrogens is 4. The van der Waals surface area contributed by atoms with Gasteiger partial charge >= 0.3 is 5.92 Å². The van der Waals surface area contributed by atoms with E-state index in [1.807, 2.05) is 0 Å². The molecule has 5 nitrogen and oxygen atoms in total. The maximum Gasteiger partial charge on any atom is 0.303 e. The molecule has 0 saturated carbocycles. The Morgan fingerprint density at radius 1 is 1.00 bits per heavy atom. The second-order valence-electron chi connectivity index (χ2n) is 3.89. The second-order valence-corrected chi connectivity index (χ2v) is 5.73. The third-order valence-corrected chi connectivity index (χ3v) is 2.77. The van der Waals surface area contributed by atoms with E-state index in [4.69, 9.17) is 0 Å². The maximum atomic E-state index is 12.4. The molecule has 0 aliphatic heterocycles. The molecule has 0 spiro atoms. The van der Waals surface area contributed by atoms with Gasteiger partial charge in [-0.3, -0.25) is 4.79 Å². The van der Waals surface area contributed by atoms with E-state index in [-0.39, 0.29) is 11.6 Å². The van der Waals surface area contributed by atoms with E-state index >= 15 is 0 Å². The van der Waals surface area contributed by atoms with Crippen LogP contribution in [0.25, 0.3) is 0 Å². The molecule has 0 aromatic carbocycles. The van der Waals surface area contributed by atoms with Gasteiger partial charge in [-0.25, -0.2) is 19.9 Å². The first-order valence-electron chi connectivity index (χ1n) is 5.54. The van der Waals surface area contributed by atoms with Crippen LogP contribution in [0.4, 0.5) is 8.78 Å². The Hall–Kier alpha value is -1.35. The van der Waals surface area contributed by atoms with Gasteiger partial charge in [0.25, 0.3) is 0 Å². The minimum Gasteiger partial charge on any atom is -0.291 e. The number of nitrogens with zero attached hydrogens (tertiary/aromatic N) is 4. The molecule has 0 unspecified atom stereocenters. The Kier molecular flexibility index (Phi) is 6.41. The molecule has 0 aliphatic rings. The van der Waals surface area contributed by atoms with Gasteiger partial charge < -0.3 is 0 Å². The van der Waals surface area contributed by atoms with E-state index in [1.54, 1.807) is 12.4 Å². The molecule has 0 aliphatic carbocycles. The Bertz CT molecular complexity index is 600. The van der Waals surface area contributed by atoms with Crippen molar-refractivity contribution in [3.8, 4) is 0 Å². The molecule has 0 fully saturated rings. The van der Waals surface area contributed by atoms with Crippen LogP contribution in [0.2, 0.25) is 0 Å². The fraction of sp³-hybridized carbons (Fsp3) is 0.250. The lowest BCUT2D eigenvalue weighted by Gasteiger charge is -2.06. The van der Waals surface area contributed by atoms with Crippen LogP contribution in [0, 0.1) is 0 Å². The largest absolute Gasteiger partial charge is 0.303 e. The highest BCUT2D eigenvalue weighted by atomic mass is 79.9. The predicted octanol–water partition coefficient (Wildman–Crippen LogP) is 3.79. The fourth-order valence-electron chi connectivity index (χ4n) is 1.03. The molecule has 0 saturated heterocycles. The lowest BCUT2D eigenvalue weighted by molar-refractivity contribution is 0.00762. The van der Waals surface area contributed by atoms with Gasteiger partial charge in [0.2, 0.25) is 0 Å². The zero-order chi connectivity index (χ0) is 16.0. The molecular formula is C12H10Br2F2N4O. The van der Waals surface area contributed by atoms with Crippen molar-refractivity contribution in [2.75, 3.05) is 0 Å². The Balaban J connectivity index is 0.000000211. The number of hydrogen-bond donors (Lipinski definition) is 0. The van der Waals surface area contributed by atoms with Crippen molar-refractivity contribution in [2.24, 2.45) is 0 Å². The number of carbonyl (C=O) groups is 1. The highest BCUT2D eigenvalue weighted by molar-refractivity contribution is 9.10. The van der Waals surface area contributed by atoms with Crippen molar-refractivity contribution in [3.05, 3.63) is 45.4 Å². The summed E-state index contributed by atoms with van der Waals surface area (Å²) in [5, 5.41) is 0. The molecule has 2 rings (SSSR count). The lowest BCUT2D eigenvalue weighted by Crippen LogP contribution is -2.11. The van der Waals surface area contributed by atoms with E-state index in [2.05, 4.69) is 51.8 Å². The molecule has 112 valence electrons. The molecule has 0 bridgehead atoms. The van der Waals surface area contributed by atoms with Crippen molar-refractivity contribution in [3.63, 3.8) is 0 Å². The topological polar surface area (TPSA) is 68.6 Å². The standard InChI is InChI=1S/C6H5BrF2N2.C6H5BrN2O/c1-6(8,9)5-10-2-4(7)3-11-5;1-4(10)6-8-2-5(7)3-9-6/h2-3H,1H3;2-3H,1H3. The Labute approximate surface area is 136 Å². The number of carbonyl (C=O) groups excluding carboxylic acids is 1. The van der Waals surface area contributed by atoms with Gasteiger partial charge in [0.1, 0.15) is 0 Å². The summed E-state index contributed by atoms with van der Waals surface area (Å²) < 4.78 is 26.3. The van der Waals surface area contributed by atoms with Gasteiger partial charge in [-0.1, -0.05) is 0 Å². The van der Waals surface area contributed by atoms with Crippen LogP contribution < -0.4 is 0 Å². The van der Waals surface area contributed by atoms with Crippen LogP contribution in [-0.4, -0.2) is 25.7 Å². The van der Waals surface area contributed by atoms with Gasteiger partial charge in [0.15, 0.2) is 17.4 Å². The van der Waals surface area contributed by atoms with Crippen LogP contribution in [0.15, 0.2) is 33.7 Å². The van der Waals surface area contributed by atoms with E-state index in [1.165, 1.54) is 19.3 Å². The van der Waals surface area contributed by atoms with Crippen LogP contribution in [-0.2, 0) is 5.92 Å². The van der Waals surface area contributed by atoms with E-state index in [0.717, 1.165) is 11.4 Å². The van der Waals surface area contributed by atoms with Crippen LogP contribution in [0.3, 0.4) is 0 Å². The number of rotatable bonds is 2. The van der Waals surface area contributed by atoms with Crippen molar-refractivity contribution in [2.45, 2.75) is 19.8 Å². The normalized spacial score (nSPS) is 10.6. The SMILES string of the molecule is CC(=O)c1ncc(Br)cn1.CC(F)(F)c1ncc(Br)cn1. The number of hydrogen-bond acceptors (Lipinski definition) is 5. The maximum absolute atomic E-state index is 12.4.